The number of nitrogens with one attached hydrogen (secondary N) is 1. The molecule has 5 heteroatoms. The van der Waals surface area contributed by atoms with E-state index in [0.29, 0.717) is 0 Å². The van der Waals surface area contributed by atoms with Crippen LogP contribution in [0.5, 0.6) is 0 Å². The molecule has 1 aromatic carbocycles. The third kappa shape index (κ3) is 2.08. The molecule has 0 saturated heterocycles. The minimum absolute atomic E-state index is 0.120. The fourth-order valence-electron chi connectivity index (χ4n) is 1.35. The van der Waals surface area contributed by atoms with E-state index in [4.69, 9.17) is 5.14 Å². The van der Waals surface area contributed by atoms with E-state index in [1.807, 2.05) is 18.2 Å². The van der Waals surface area contributed by atoms with E-state index in [1.54, 1.807) is 18.3 Å². The summed E-state index contributed by atoms with van der Waals surface area (Å²) in [6, 6.07) is 10.2. The summed E-state index contributed by atoms with van der Waals surface area (Å²) in [5, 5.41) is 5.04. The molecule has 0 amide bonds. The zero-order valence-electron chi connectivity index (χ0n) is 7.84. The Balaban J connectivity index is 2.53. The predicted molar refractivity (Wildman–Crippen MR) is 57.6 cm³/mol. The van der Waals surface area contributed by atoms with Crippen molar-refractivity contribution in [3.63, 3.8) is 0 Å². The zero-order chi connectivity index (χ0) is 10.9. The van der Waals surface area contributed by atoms with Crippen molar-refractivity contribution in [2.24, 2.45) is 5.14 Å². The van der Waals surface area contributed by atoms with Gasteiger partial charge in [-0.15, -0.1) is 0 Å². The van der Waals surface area contributed by atoms with Crippen LogP contribution in [0, 0.1) is 0 Å². The Hall–Kier alpha value is -1.59. The number of nitrogens with two attached hydrogens (primary N) is 1. The first-order valence-electron chi connectivity index (χ1n) is 4.34. The Kier molecular flexibility index (Phi) is 2.34. The fraction of sp³-hybridized carbons (Fsp3) is 0. The molecule has 4 nitrogen and oxygen atoms in total. The van der Waals surface area contributed by atoms with Crippen LogP contribution in [0.3, 0.4) is 0 Å². The molecular weight excluding hydrogens is 212 g/mol. The van der Waals surface area contributed by atoms with E-state index < -0.39 is 10.0 Å². The van der Waals surface area contributed by atoms with Gasteiger partial charge < -0.3 is 4.98 Å². The van der Waals surface area contributed by atoms with Crippen molar-refractivity contribution in [2.75, 3.05) is 0 Å². The van der Waals surface area contributed by atoms with E-state index in [2.05, 4.69) is 4.98 Å². The third-order valence-corrected chi connectivity index (χ3v) is 2.98. The molecular formula is C10H10N2O2S. The molecule has 2 rings (SSSR count). The summed E-state index contributed by atoms with van der Waals surface area (Å²) in [4.78, 5) is 3.12. The highest BCUT2D eigenvalue weighted by Gasteiger charge is 2.08. The average Bonchev–Trinajstić information content (AvgIpc) is 2.69. The maximum atomic E-state index is 11.1. The van der Waals surface area contributed by atoms with Gasteiger partial charge in [0.05, 0.1) is 4.90 Å². The largest absolute Gasteiger partial charge is 0.361 e. The van der Waals surface area contributed by atoms with Crippen molar-refractivity contribution >= 4 is 10.0 Å². The number of H-pyrrole nitrogens is 1. The summed E-state index contributed by atoms with van der Waals surface area (Å²) in [6.45, 7) is 0. The second-order valence-corrected chi connectivity index (χ2v) is 4.72. The van der Waals surface area contributed by atoms with Gasteiger partial charge in [0.2, 0.25) is 10.0 Å². The maximum absolute atomic E-state index is 11.1. The highest BCUT2D eigenvalue weighted by atomic mass is 32.2. The number of hydrogen-bond acceptors (Lipinski definition) is 2. The lowest BCUT2D eigenvalue weighted by Crippen LogP contribution is -2.11. The van der Waals surface area contributed by atoms with E-state index in [0.717, 1.165) is 11.3 Å². The number of primary sulfonamides is 1. The molecule has 0 aliphatic rings. The quantitative estimate of drug-likeness (QED) is 0.804. The van der Waals surface area contributed by atoms with Gasteiger partial charge >= 0.3 is 0 Å². The summed E-state index contributed by atoms with van der Waals surface area (Å²) >= 11 is 0. The van der Waals surface area contributed by atoms with Crippen LogP contribution >= 0.6 is 0 Å². The molecule has 0 atom stereocenters. The molecule has 0 bridgehead atoms. The first-order valence-corrected chi connectivity index (χ1v) is 5.88. The molecule has 1 heterocycles. The van der Waals surface area contributed by atoms with E-state index >= 15 is 0 Å². The van der Waals surface area contributed by atoms with Gasteiger partial charge in [0.1, 0.15) is 0 Å². The van der Waals surface area contributed by atoms with Gasteiger partial charge in [0.25, 0.3) is 0 Å². The Morgan fingerprint density at radius 1 is 1.13 bits per heavy atom. The van der Waals surface area contributed by atoms with Crippen LogP contribution < -0.4 is 5.14 Å². The van der Waals surface area contributed by atoms with Gasteiger partial charge in [-0.3, -0.25) is 0 Å². The number of aromatic nitrogens is 1. The molecule has 78 valence electrons. The summed E-state index contributed by atoms with van der Waals surface area (Å²) in [6.07, 6.45) is 1.78. The minimum Gasteiger partial charge on any atom is -0.361 e. The number of sulfonamides is 1. The van der Waals surface area contributed by atoms with Crippen molar-refractivity contribution in [3.8, 4) is 11.3 Å². The normalized spacial score (nSPS) is 11.5. The summed E-state index contributed by atoms with van der Waals surface area (Å²) in [5.41, 5.74) is 1.66. The van der Waals surface area contributed by atoms with Crippen LogP contribution in [-0.2, 0) is 10.0 Å². The third-order valence-electron chi connectivity index (χ3n) is 2.07. The Labute approximate surface area is 87.8 Å². The second-order valence-electron chi connectivity index (χ2n) is 3.16. The first-order chi connectivity index (χ1) is 7.07. The lowest BCUT2D eigenvalue weighted by atomic mass is 10.2. The zero-order valence-corrected chi connectivity index (χ0v) is 8.66. The van der Waals surface area contributed by atoms with Gasteiger partial charge in [0.15, 0.2) is 0 Å². The number of benzene rings is 1. The monoisotopic (exact) mass is 222 g/mol. The Morgan fingerprint density at radius 3 is 2.53 bits per heavy atom. The Bertz CT molecular complexity index is 559. The lowest BCUT2D eigenvalue weighted by Gasteiger charge is -2.01. The number of rotatable bonds is 2. The highest BCUT2D eigenvalue weighted by Crippen LogP contribution is 2.19. The molecule has 0 unspecified atom stereocenters. The van der Waals surface area contributed by atoms with Gasteiger partial charge in [-0.1, -0.05) is 12.1 Å². The van der Waals surface area contributed by atoms with Crippen LogP contribution in [0.15, 0.2) is 47.5 Å². The molecule has 0 saturated carbocycles. The topological polar surface area (TPSA) is 76.0 Å². The van der Waals surface area contributed by atoms with Crippen molar-refractivity contribution in [2.45, 2.75) is 4.90 Å². The van der Waals surface area contributed by atoms with Crippen LogP contribution in [0.2, 0.25) is 0 Å². The summed E-state index contributed by atoms with van der Waals surface area (Å²) < 4.78 is 22.2. The van der Waals surface area contributed by atoms with Crippen LogP contribution in [0.25, 0.3) is 11.3 Å². The van der Waals surface area contributed by atoms with E-state index in [1.165, 1.54) is 6.07 Å². The SMILES string of the molecule is NS(=O)(=O)c1cccc(-c2ccc[nH]2)c1. The molecule has 1 aromatic heterocycles. The van der Waals surface area contributed by atoms with Gasteiger partial charge in [-0.2, -0.15) is 0 Å². The molecule has 0 spiro atoms. The average molecular weight is 222 g/mol. The molecule has 0 radical (unpaired) electrons. The minimum atomic E-state index is -3.63. The second kappa shape index (κ2) is 3.52. The molecule has 0 fully saturated rings. The van der Waals surface area contributed by atoms with E-state index in [-0.39, 0.29) is 4.90 Å². The van der Waals surface area contributed by atoms with Gasteiger partial charge in [-0.05, 0) is 29.8 Å². The molecule has 0 aliphatic heterocycles. The Morgan fingerprint density at radius 2 is 1.93 bits per heavy atom. The molecule has 15 heavy (non-hydrogen) atoms. The van der Waals surface area contributed by atoms with Gasteiger partial charge in [0, 0.05) is 11.9 Å². The molecule has 2 aromatic rings. The van der Waals surface area contributed by atoms with Crippen LogP contribution in [-0.4, -0.2) is 13.4 Å². The standard InChI is InChI=1S/C10H10N2O2S/c11-15(13,14)9-4-1-3-8(7-9)10-5-2-6-12-10/h1-7,12H,(H2,11,13,14). The van der Waals surface area contributed by atoms with Crippen LogP contribution in [0.4, 0.5) is 0 Å². The number of aromatic amines is 1. The predicted octanol–water partition coefficient (Wildman–Crippen LogP) is 1.33. The maximum Gasteiger partial charge on any atom is 0.238 e. The summed E-state index contributed by atoms with van der Waals surface area (Å²) in [5.74, 6) is 0. The summed E-state index contributed by atoms with van der Waals surface area (Å²) in [7, 11) is -3.63. The molecule has 0 aliphatic carbocycles. The smallest absolute Gasteiger partial charge is 0.238 e. The van der Waals surface area contributed by atoms with Crippen LogP contribution in [0.1, 0.15) is 0 Å². The van der Waals surface area contributed by atoms with Crippen molar-refractivity contribution in [3.05, 3.63) is 42.6 Å². The van der Waals surface area contributed by atoms with Crippen molar-refractivity contribution in [1.82, 2.24) is 4.98 Å². The van der Waals surface area contributed by atoms with Crippen molar-refractivity contribution < 1.29 is 8.42 Å². The molecule has 3 N–H and O–H groups in total. The van der Waals surface area contributed by atoms with E-state index in [9.17, 15) is 8.42 Å². The number of hydrogen-bond donors (Lipinski definition) is 2. The first kappa shape index (κ1) is 9.95. The van der Waals surface area contributed by atoms with Crippen molar-refractivity contribution in [1.29, 1.82) is 0 Å². The lowest BCUT2D eigenvalue weighted by molar-refractivity contribution is 0.598. The fourth-order valence-corrected chi connectivity index (χ4v) is 1.91. The highest BCUT2D eigenvalue weighted by molar-refractivity contribution is 7.89. The van der Waals surface area contributed by atoms with Gasteiger partial charge in [-0.25, -0.2) is 13.6 Å².